The third-order valence-corrected chi connectivity index (χ3v) is 5.66. The van der Waals surface area contributed by atoms with Crippen LogP contribution < -0.4 is 11.5 Å². The summed E-state index contributed by atoms with van der Waals surface area (Å²) in [5.41, 5.74) is 12.2. The van der Waals surface area contributed by atoms with E-state index in [-0.39, 0.29) is 12.1 Å². The number of urea groups is 2. The molecule has 1 aromatic rings. The van der Waals surface area contributed by atoms with Gasteiger partial charge in [-0.3, -0.25) is 0 Å². The van der Waals surface area contributed by atoms with Crippen molar-refractivity contribution in [2.45, 2.75) is 25.2 Å². The summed E-state index contributed by atoms with van der Waals surface area (Å²) in [5, 5.41) is 0. The summed E-state index contributed by atoms with van der Waals surface area (Å²) in [5.74, 6) is 1.37. The van der Waals surface area contributed by atoms with Crippen LogP contribution in [0.1, 0.15) is 30.7 Å². The molecule has 4 amide bonds. The van der Waals surface area contributed by atoms with E-state index in [4.69, 9.17) is 11.5 Å². The lowest BCUT2D eigenvalue weighted by Gasteiger charge is -2.44. The first-order valence-corrected chi connectivity index (χ1v) is 8.70. The summed E-state index contributed by atoms with van der Waals surface area (Å²) < 4.78 is 0. The Morgan fingerprint density at radius 1 is 0.875 bits per heavy atom. The van der Waals surface area contributed by atoms with Crippen LogP contribution in [0.5, 0.6) is 0 Å². The molecule has 0 spiro atoms. The number of rotatable bonds is 2. The van der Waals surface area contributed by atoms with Crippen LogP contribution in [0.3, 0.4) is 0 Å². The van der Waals surface area contributed by atoms with Gasteiger partial charge in [-0.1, -0.05) is 30.3 Å². The van der Waals surface area contributed by atoms with E-state index in [1.807, 2.05) is 18.2 Å². The lowest BCUT2D eigenvalue weighted by molar-refractivity contribution is 0.0990. The number of piperidine rings is 2. The predicted octanol–water partition coefficient (Wildman–Crippen LogP) is 1.96. The quantitative estimate of drug-likeness (QED) is 0.867. The van der Waals surface area contributed by atoms with Gasteiger partial charge in [-0.15, -0.1) is 0 Å². The highest BCUT2D eigenvalue weighted by Gasteiger charge is 2.38. The Kier molecular flexibility index (Phi) is 4.92. The fourth-order valence-electron chi connectivity index (χ4n) is 4.34. The van der Waals surface area contributed by atoms with Crippen molar-refractivity contribution in [2.75, 3.05) is 26.2 Å². The summed E-state index contributed by atoms with van der Waals surface area (Å²) in [6.07, 6.45) is 2.92. The van der Waals surface area contributed by atoms with Crippen molar-refractivity contribution >= 4 is 12.1 Å². The highest BCUT2D eigenvalue weighted by atomic mass is 16.2. The molecule has 6 nitrogen and oxygen atoms in total. The van der Waals surface area contributed by atoms with E-state index in [1.165, 1.54) is 5.56 Å². The molecule has 0 saturated carbocycles. The van der Waals surface area contributed by atoms with E-state index in [9.17, 15) is 9.59 Å². The lowest BCUT2D eigenvalue weighted by Crippen LogP contribution is -2.49. The molecule has 2 aliphatic heterocycles. The molecular formula is C18H26N4O2. The van der Waals surface area contributed by atoms with Crippen molar-refractivity contribution < 1.29 is 9.59 Å². The minimum Gasteiger partial charge on any atom is -0.351 e. The molecule has 1 aromatic carbocycles. The van der Waals surface area contributed by atoms with Gasteiger partial charge in [-0.25, -0.2) is 9.59 Å². The maximum atomic E-state index is 11.6. The number of likely N-dealkylation sites (tertiary alicyclic amines) is 2. The molecular weight excluding hydrogens is 304 g/mol. The third-order valence-electron chi connectivity index (χ3n) is 5.66. The standard InChI is InChI=1S/C18H26N4O2/c19-17(23)21-9-6-14(7-10-21)15-8-11-22(18(20)24)12-16(15)13-4-2-1-3-5-13/h1-5,14-16H,6-12H2,(H2,19,23)(H2,20,24). The highest BCUT2D eigenvalue weighted by Crippen LogP contribution is 2.41. The van der Waals surface area contributed by atoms with Crippen LogP contribution in [0.4, 0.5) is 9.59 Å². The number of hydrogen-bond acceptors (Lipinski definition) is 2. The van der Waals surface area contributed by atoms with Gasteiger partial charge in [0.2, 0.25) is 0 Å². The first-order chi connectivity index (χ1) is 11.6. The minimum atomic E-state index is -0.335. The van der Waals surface area contributed by atoms with Crippen molar-refractivity contribution in [1.82, 2.24) is 9.80 Å². The number of carbonyl (C=O) groups is 2. The zero-order valence-corrected chi connectivity index (χ0v) is 13.9. The van der Waals surface area contributed by atoms with Crippen LogP contribution >= 0.6 is 0 Å². The lowest BCUT2D eigenvalue weighted by atomic mass is 9.70. The molecule has 0 bridgehead atoms. The zero-order chi connectivity index (χ0) is 17.1. The van der Waals surface area contributed by atoms with E-state index < -0.39 is 0 Å². The number of carbonyl (C=O) groups excluding carboxylic acids is 2. The molecule has 0 aliphatic carbocycles. The topological polar surface area (TPSA) is 92.7 Å². The first kappa shape index (κ1) is 16.6. The number of nitrogens with two attached hydrogens (primary N) is 2. The van der Waals surface area contributed by atoms with Gasteiger partial charge >= 0.3 is 12.1 Å². The van der Waals surface area contributed by atoms with Gasteiger partial charge in [-0.05, 0) is 36.7 Å². The molecule has 2 aliphatic rings. The van der Waals surface area contributed by atoms with E-state index in [2.05, 4.69) is 12.1 Å². The highest BCUT2D eigenvalue weighted by molar-refractivity contribution is 5.72. The molecule has 2 atom stereocenters. The Morgan fingerprint density at radius 3 is 2.04 bits per heavy atom. The van der Waals surface area contributed by atoms with E-state index in [0.717, 1.165) is 38.9 Å². The van der Waals surface area contributed by atoms with E-state index in [1.54, 1.807) is 9.80 Å². The van der Waals surface area contributed by atoms with Crippen LogP contribution in [-0.4, -0.2) is 48.0 Å². The number of amides is 4. The van der Waals surface area contributed by atoms with Crippen molar-refractivity contribution in [3.63, 3.8) is 0 Å². The average Bonchev–Trinajstić information content (AvgIpc) is 2.62. The Balaban J connectivity index is 1.75. The normalized spacial score (nSPS) is 25.5. The zero-order valence-electron chi connectivity index (χ0n) is 13.9. The molecule has 0 radical (unpaired) electrons. The van der Waals surface area contributed by atoms with Crippen molar-refractivity contribution in [1.29, 1.82) is 0 Å². The summed E-state index contributed by atoms with van der Waals surface area (Å²) >= 11 is 0. The second kappa shape index (κ2) is 7.11. The SMILES string of the molecule is NC(=O)N1CCC(C2CCN(C(N)=O)CC2c2ccccc2)CC1. The van der Waals surface area contributed by atoms with Gasteiger partial charge in [0.25, 0.3) is 0 Å². The smallest absolute Gasteiger partial charge is 0.314 e. The van der Waals surface area contributed by atoms with Gasteiger partial charge in [0.15, 0.2) is 0 Å². The van der Waals surface area contributed by atoms with Gasteiger partial charge in [0.05, 0.1) is 0 Å². The van der Waals surface area contributed by atoms with Gasteiger partial charge < -0.3 is 21.3 Å². The molecule has 3 rings (SSSR count). The second-order valence-corrected chi connectivity index (χ2v) is 6.92. The fraction of sp³-hybridized carbons (Fsp3) is 0.556. The molecule has 2 unspecified atom stereocenters. The molecule has 0 aromatic heterocycles. The number of nitrogens with zero attached hydrogens (tertiary/aromatic N) is 2. The maximum Gasteiger partial charge on any atom is 0.314 e. The molecule has 2 heterocycles. The molecule has 2 fully saturated rings. The summed E-state index contributed by atoms with van der Waals surface area (Å²) in [4.78, 5) is 26.4. The number of hydrogen-bond donors (Lipinski definition) is 2. The Morgan fingerprint density at radius 2 is 1.46 bits per heavy atom. The van der Waals surface area contributed by atoms with E-state index in [0.29, 0.717) is 24.3 Å². The Hall–Kier alpha value is -2.24. The van der Waals surface area contributed by atoms with Gasteiger partial charge in [-0.2, -0.15) is 0 Å². The molecule has 6 heteroatoms. The predicted molar refractivity (Wildman–Crippen MR) is 92.3 cm³/mol. The van der Waals surface area contributed by atoms with Crippen LogP contribution in [0.2, 0.25) is 0 Å². The molecule has 2 saturated heterocycles. The number of benzene rings is 1. The first-order valence-electron chi connectivity index (χ1n) is 8.70. The van der Waals surface area contributed by atoms with Crippen LogP contribution in [0, 0.1) is 11.8 Å². The van der Waals surface area contributed by atoms with Crippen molar-refractivity contribution in [3.05, 3.63) is 35.9 Å². The van der Waals surface area contributed by atoms with Crippen LogP contribution in [0.25, 0.3) is 0 Å². The third kappa shape index (κ3) is 3.47. The summed E-state index contributed by atoms with van der Waals surface area (Å²) in [6.45, 7) is 2.87. The maximum absolute atomic E-state index is 11.6. The molecule has 4 N–H and O–H groups in total. The summed E-state index contributed by atoms with van der Waals surface area (Å²) in [7, 11) is 0. The molecule has 24 heavy (non-hydrogen) atoms. The fourth-order valence-corrected chi connectivity index (χ4v) is 4.34. The summed E-state index contributed by atoms with van der Waals surface area (Å²) in [6, 6.07) is 9.73. The number of primary amides is 2. The molecule has 130 valence electrons. The van der Waals surface area contributed by atoms with Crippen molar-refractivity contribution in [3.8, 4) is 0 Å². The van der Waals surface area contributed by atoms with Gasteiger partial charge in [0, 0.05) is 32.1 Å². The Labute approximate surface area is 142 Å². The van der Waals surface area contributed by atoms with Gasteiger partial charge in [0.1, 0.15) is 0 Å². The minimum absolute atomic E-state index is 0.303. The van der Waals surface area contributed by atoms with Crippen LogP contribution in [-0.2, 0) is 0 Å². The Bertz CT molecular complexity index is 584. The monoisotopic (exact) mass is 330 g/mol. The second-order valence-electron chi connectivity index (χ2n) is 6.92. The van der Waals surface area contributed by atoms with Crippen LogP contribution in [0.15, 0.2) is 30.3 Å². The van der Waals surface area contributed by atoms with Crippen molar-refractivity contribution in [2.24, 2.45) is 23.3 Å². The average molecular weight is 330 g/mol. The van der Waals surface area contributed by atoms with E-state index >= 15 is 0 Å². The largest absolute Gasteiger partial charge is 0.351 e.